The van der Waals surface area contributed by atoms with Gasteiger partial charge in [-0.15, -0.1) is 6.42 Å². The van der Waals surface area contributed by atoms with Crippen LogP contribution in [-0.4, -0.2) is 38.3 Å². The molecule has 0 radical (unpaired) electrons. The highest BCUT2D eigenvalue weighted by molar-refractivity contribution is 5.80. The van der Waals surface area contributed by atoms with Gasteiger partial charge < -0.3 is 20.1 Å². The summed E-state index contributed by atoms with van der Waals surface area (Å²) in [6.07, 6.45) is 5.13. The molecule has 0 aromatic heterocycles. The number of aliphatic imine (C=N–C) groups is 1. The summed E-state index contributed by atoms with van der Waals surface area (Å²) in [5.41, 5.74) is 0. The van der Waals surface area contributed by atoms with Gasteiger partial charge in [-0.3, -0.25) is 0 Å². The Bertz CT molecular complexity index is 508. The van der Waals surface area contributed by atoms with E-state index < -0.39 is 0 Å². The molecule has 0 saturated carbocycles. The SMILES string of the molecule is C#CCNC(=NCC1COc2ccccc2O1)NCC. The van der Waals surface area contributed by atoms with Crippen LogP contribution in [0.1, 0.15) is 6.92 Å². The minimum absolute atomic E-state index is 0.0915. The average Bonchev–Trinajstić information content (AvgIpc) is 2.50. The second-order valence-corrected chi connectivity index (χ2v) is 4.27. The summed E-state index contributed by atoms with van der Waals surface area (Å²) in [5, 5.41) is 6.16. The molecule has 2 N–H and O–H groups in total. The molecule has 20 heavy (non-hydrogen) atoms. The molecule has 1 aromatic rings. The topological polar surface area (TPSA) is 54.9 Å². The van der Waals surface area contributed by atoms with Crippen LogP contribution in [0, 0.1) is 12.3 Å². The monoisotopic (exact) mass is 273 g/mol. The van der Waals surface area contributed by atoms with Crippen LogP contribution < -0.4 is 20.1 Å². The number of hydrogen-bond acceptors (Lipinski definition) is 3. The largest absolute Gasteiger partial charge is 0.486 e. The molecular weight excluding hydrogens is 254 g/mol. The van der Waals surface area contributed by atoms with Crippen LogP contribution in [0.25, 0.3) is 0 Å². The second-order valence-electron chi connectivity index (χ2n) is 4.27. The van der Waals surface area contributed by atoms with Crippen molar-refractivity contribution < 1.29 is 9.47 Å². The Morgan fingerprint density at radius 2 is 2.20 bits per heavy atom. The molecule has 106 valence electrons. The van der Waals surface area contributed by atoms with Crippen molar-refractivity contribution in [3.8, 4) is 23.8 Å². The number of nitrogens with one attached hydrogen (secondary N) is 2. The van der Waals surface area contributed by atoms with E-state index in [1.165, 1.54) is 0 Å². The molecule has 1 atom stereocenters. The fraction of sp³-hybridized carbons (Fsp3) is 0.400. The van der Waals surface area contributed by atoms with Crippen molar-refractivity contribution >= 4 is 5.96 Å². The third-order valence-electron chi connectivity index (χ3n) is 2.72. The summed E-state index contributed by atoms with van der Waals surface area (Å²) in [6.45, 7) is 4.23. The lowest BCUT2D eigenvalue weighted by Crippen LogP contribution is -2.39. The van der Waals surface area contributed by atoms with E-state index in [4.69, 9.17) is 15.9 Å². The van der Waals surface area contributed by atoms with Crippen molar-refractivity contribution in [2.45, 2.75) is 13.0 Å². The Kier molecular flexibility index (Phi) is 5.13. The zero-order valence-electron chi connectivity index (χ0n) is 11.6. The molecule has 1 unspecified atom stereocenters. The van der Waals surface area contributed by atoms with Crippen molar-refractivity contribution in [2.75, 3.05) is 26.2 Å². The van der Waals surface area contributed by atoms with Gasteiger partial charge in [-0.25, -0.2) is 4.99 Å². The number of fused-ring (bicyclic) bond motifs is 1. The van der Waals surface area contributed by atoms with E-state index in [1.807, 2.05) is 31.2 Å². The van der Waals surface area contributed by atoms with Crippen LogP contribution in [0.2, 0.25) is 0 Å². The maximum absolute atomic E-state index is 5.84. The van der Waals surface area contributed by atoms with Gasteiger partial charge in [0, 0.05) is 6.54 Å². The first-order valence-electron chi connectivity index (χ1n) is 6.67. The number of hydrogen-bond donors (Lipinski definition) is 2. The minimum atomic E-state index is -0.0915. The van der Waals surface area contributed by atoms with Crippen molar-refractivity contribution in [2.24, 2.45) is 4.99 Å². The molecule has 1 heterocycles. The van der Waals surface area contributed by atoms with Crippen LogP contribution in [0.4, 0.5) is 0 Å². The predicted molar refractivity (Wildman–Crippen MR) is 79.2 cm³/mol. The molecule has 0 aliphatic carbocycles. The van der Waals surface area contributed by atoms with Gasteiger partial charge in [0.1, 0.15) is 6.61 Å². The van der Waals surface area contributed by atoms with Gasteiger partial charge in [0.25, 0.3) is 0 Å². The van der Waals surface area contributed by atoms with E-state index in [0.29, 0.717) is 25.7 Å². The summed E-state index contributed by atoms with van der Waals surface area (Å²) >= 11 is 0. The highest BCUT2D eigenvalue weighted by Crippen LogP contribution is 2.30. The molecule has 0 saturated heterocycles. The Balaban J connectivity index is 1.92. The first kappa shape index (κ1) is 14.1. The standard InChI is InChI=1S/C15H19N3O2/c1-3-9-17-15(16-4-2)18-10-12-11-19-13-7-5-6-8-14(13)20-12/h1,5-8,12H,4,9-11H2,2H3,(H2,16,17,18). The zero-order chi connectivity index (χ0) is 14.2. The molecule has 2 rings (SSSR count). The third kappa shape index (κ3) is 3.82. The number of benzene rings is 1. The third-order valence-corrected chi connectivity index (χ3v) is 2.72. The van der Waals surface area contributed by atoms with Gasteiger partial charge in [-0.05, 0) is 19.1 Å². The second kappa shape index (κ2) is 7.29. The predicted octanol–water partition coefficient (Wildman–Crippen LogP) is 1.01. The minimum Gasteiger partial charge on any atom is -0.486 e. The Labute approximate surface area is 119 Å². The highest BCUT2D eigenvalue weighted by atomic mass is 16.6. The van der Waals surface area contributed by atoms with Crippen molar-refractivity contribution in [3.63, 3.8) is 0 Å². The average molecular weight is 273 g/mol. The van der Waals surface area contributed by atoms with Gasteiger partial charge in [0.2, 0.25) is 0 Å². The van der Waals surface area contributed by atoms with Crippen LogP contribution in [0.3, 0.4) is 0 Å². The summed E-state index contributed by atoms with van der Waals surface area (Å²) in [4.78, 5) is 4.44. The van der Waals surface area contributed by atoms with Crippen LogP contribution >= 0.6 is 0 Å². The lowest BCUT2D eigenvalue weighted by atomic mass is 10.2. The Hall–Kier alpha value is -2.35. The maximum Gasteiger partial charge on any atom is 0.192 e. The molecule has 5 heteroatoms. The van der Waals surface area contributed by atoms with Gasteiger partial charge in [-0.1, -0.05) is 18.1 Å². The maximum atomic E-state index is 5.84. The van der Waals surface area contributed by atoms with Gasteiger partial charge in [-0.2, -0.15) is 0 Å². The van der Waals surface area contributed by atoms with E-state index in [-0.39, 0.29) is 6.10 Å². The summed E-state index contributed by atoms with van der Waals surface area (Å²) in [7, 11) is 0. The molecule has 0 spiro atoms. The van der Waals surface area contributed by atoms with Crippen molar-refractivity contribution in [1.29, 1.82) is 0 Å². The summed E-state index contributed by atoms with van der Waals surface area (Å²) in [5.74, 6) is 4.75. The molecule has 1 aromatic carbocycles. The van der Waals surface area contributed by atoms with Gasteiger partial charge >= 0.3 is 0 Å². The molecule has 0 fully saturated rings. The van der Waals surface area contributed by atoms with E-state index in [2.05, 4.69) is 21.5 Å². The van der Waals surface area contributed by atoms with E-state index in [0.717, 1.165) is 18.0 Å². The quantitative estimate of drug-likeness (QED) is 0.488. The fourth-order valence-corrected chi connectivity index (χ4v) is 1.82. The molecule has 0 amide bonds. The molecule has 5 nitrogen and oxygen atoms in total. The molecule has 0 bridgehead atoms. The van der Waals surface area contributed by atoms with Crippen molar-refractivity contribution in [3.05, 3.63) is 24.3 Å². The summed E-state index contributed by atoms with van der Waals surface area (Å²) in [6, 6.07) is 7.64. The number of para-hydroxylation sites is 2. The van der Waals surface area contributed by atoms with E-state index >= 15 is 0 Å². The highest BCUT2D eigenvalue weighted by Gasteiger charge is 2.20. The number of guanidine groups is 1. The first-order chi connectivity index (χ1) is 9.83. The smallest absolute Gasteiger partial charge is 0.192 e. The number of terminal acetylenes is 1. The summed E-state index contributed by atoms with van der Waals surface area (Å²) < 4.78 is 11.5. The van der Waals surface area contributed by atoms with Crippen LogP contribution in [0.15, 0.2) is 29.3 Å². The molecule has 1 aliphatic rings. The number of rotatable bonds is 4. The van der Waals surface area contributed by atoms with E-state index in [9.17, 15) is 0 Å². The lowest BCUT2D eigenvalue weighted by molar-refractivity contribution is 0.0971. The number of ether oxygens (including phenoxy) is 2. The number of nitrogens with zero attached hydrogens (tertiary/aromatic N) is 1. The van der Waals surface area contributed by atoms with Crippen LogP contribution in [-0.2, 0) is 0 Å². The lowest BCUT2D eigenvalue weighted by Gasteiger charge is -2.25. The van der Waals surface area contributed by atoms with E-state index in [1.54, 1.807) is 0 Å². The van der Waals surface area contributed by atoms with Crippen molar-refractivity contribution in [1.82, 2.24) is 10.6 Å². The Morgan fingerprint density at radius 3 is 2.95 bits per heavy atom. The molecular formula is C15H19N3O2. The fourth-order valence-electron chi connectivity index (χ4n) is 1.82. The zero-order valence-corrected chi connectivity index (χ0v) is 11.6. The van der Waals surface area contributed by atoms with Gasteiger partial charge in [0.15, 0.2) is 23.6 Å². The first-order valence-corrected chi connectivity index (χ1v) is 6.67. The Morgan fingerprint density at radius 1 is 1.40 bits per heavy atom. The molecule has 1 aliphatic heterocycles. The van der Waals surface area contributed by atoms with Crippen LogP contribution in [0.5, 0.6) is 11.5 Å². The normalized spacial score (nSPS) is 17.2. The van der Waals surface area contributed by atoms with Gasteiger partial charge in [0.05, 0.1) is 13.1 Å².